The smallest absolute Gasteiger partial charge is 0.231 e. The van der Waals surface area contributed by atoms with E-state index in [-0.39, 0.29) is 5.78 Å². The second-order valence-corrected chi connectivity index (χ2v) is 2.42. The van der Waals surface area contributed by atoms with Gasteiger partial charge in [-0.25, -0.2) is 0 Å². The molecule has 0 heterocycles. The summed E-state index contributed by atoms with van der Waals surface area (Å²) >= 11 is 0. The first kappa shape index (κ1) is 10.7. The Kier molecular flexibility index (Phi) is 4.75. The highest BCUT2D eigenvalue weighted by Crippen LogP contribution is 1.91. The van der Waals surface area contributed by atoms with Gasteiger partial charge in [0, 0.05) is 6.42 Å². The largest absolute Gasteiger partial charge is 0.380 e. The summed E-state index contributed by atoms with van der Waals surface area (Å²) < 4.78 is 0. The number of ketones is 1. The molecule has 0 saturated carbocycles. The minimum atomic E-state index is -0.800. The van der Waals surface area contributed by atoms with E-state index >= 15 is 0 Å². The van der Waals surface area contributed by atoms with Crippen molar-refractivity contribution in [2.24, 2.45) is 0 Å². The lowest BCUT2D eigenvalue weighted by molar-refractivity contribution is -0.110. The van der Waals surface area contributed by atoms with Crippen molar-refractivity contribution in [1.29, 1.82) is 0 Å². The van der Waals surface area contributed by atoms with E-state index in [1.165, 1.54) is 0 Å². The van der Waals surface area contributed by atoms with Gasteiger partial charge in [-0.1, -0.05) is 18.6 Å². The summed E-state index contributed by atoms with van der Waals surface area (Å²) in [5, 5.41) is 9.05. The van der Waals surface area contributed by atoms with Crippen LogP contribution in [-0.4, -0.2) is 17.0 Å². The molecular formula is C10H12O2. The topological polar surface area (TPSA) is 37.3 Å². The quantitative estimate of drug-likeness (QED) is 0.293. The summed E-state index contributed by atoms with van der Waals surface area (Å²) in [7, 11) is 0. The molecule has 64 valence electrons. The van der Waals surface area contributed by atoms with Gasteiger partial charge < -0.3 is 5.11 Å². The van der Waals surface area contributed by atoms with E-state index in [1.54, 1.807) is 13.0 Å². The molecule has 0 aromatic rings. The Morgan fingerprint density at radius 2 is 2.33 bits per heavy atom. The van der Waals surface area contributed by atoms with E-state index in [1.807, 2.05) is 0 Å². The summed E-state index contributed by atoms with van der Waals surface area (Å²) in [6, 6.07) is 0. The van der Waals surface area contributed by atoms with Crippen LogP contribution in [0.3, 0.4) is 0 Å². The summed E-state index contributed by atoms with van der Waals surface area (Å²) in [6.07, 6.45) is 1.12. The Morgan fingerprint density at radius 3 is 2.75 bits per heavy atom. The molecule has 2 heteroatoms. The summed E-state index contributed by atoms with van der Waals surface area (Å²) in [5.41, 5.74) is 0.383. The van der Waals surface area contributed by atoms with Crippen molar-refractivity contribution >= 4 is 5.78 Å². The van der Waals surface area contributed by atoms with E-state index in [4.69, 9.17) is 5.11 Å². The zero-order valence-electron chi connectivity index (χ0n) is 7.13. The maximum absolute atomic E-state index is 10.8. The lowest BCUT2D eigenvalue weighted by Crippen LogP contribution is -2.02. The molecule has 0 aliphatic carbocycles. The Hall–Kier alpha value is -1.33. The number of aliphatic hydroxyl groups is 1. The third-order valence-corrected chi connectivity index (χ3v) is 1.13. The summed E-state index contributed by atoms with van der Waals surface area (Å²) in [4.78, 5) is 10.8. The second-order valence-electron chi connectivity index (χ2n) is 2.42. The molecule has 2 nitrogen and oxygen atoms in total. The van der Waals surface area contributed by atoms with Crippen molar-refractivity contribution in [1.82, 2.24) is 0 Å². The Bertz CT molecular complexity index is 253. The molecular weight excluding hydrogens is 152 g/mol. The predicted octanol–water partition coefficient (Wildman–Crippen LogP) is 1.07. The zero-order valence-corrected chi connectivity index (χ0v) is 7.13. The van der Waals surface area contributed by atoms with Gasteiger partial charge >= 0.3 is 0 Å². The lowest BCUT2D eigenvalue weighted by Gasteiger charge is -1.94. The van der Waals surface area contributed by atoms with Crippen LogP contribution in [0, 0.1) is 11.8 Å². The predicted molar refractivity (Wildman–Crippen MR) is 48.4 cm³/mol. The molecule has 0 aliphatic rings. The number of allylic oxidation sites excluding steroid dienone is 1. The third-order valence-electron chi connectivity index (χ3n) is 1.13. The number of hydrogen-bond acceptors (Lipinski definition) is 2. The number of Topliss-reactive ketones (excluding diaryl/α,β-unsaturated/α-hetero) is 1. The van der Waals surface area contributed by atoms with Gasteiger partial charge in [0.15, 0.2) is 0 Å². The average molecular weight is 164 g/mol. The highest BCUT2D eigenvalue weighted by Gasteiger charge is 1.97. The van der Waals surface area contributed by atoms with E-state index in [2.05, 4.69) is 25.0 Å². The summed E-state index contributed by atoms with van der Waals surface area (Å²) in [6.45, 7) is 8.44. The maximum Gasteiger partial charge on any atom is 0.231 e. The molecule has 12 heavy (non-hydrogen) atoms. The molecule has 1 unspecified atom stereocenters. The number of carbonyl (C=O) groups is 1. The lowest BCUT2D eigenvalue weighted by atomic mass is 10.2. The van der Waals surface area contributed by atoms with Gasteiger partial charge in [-0.2, -0.15) is 0 Å². The van der Waals surface area contributed by atoms with Gasteiger partial charge in [0.05, 0.1) is 0 Å². The molecule has 0 spiro atoms. The molecule has 0 rings (SSSR count). The van der Waals surface area contributed by atoms with E-state index in [0.29, 0.717) is 12.0 Å². The van der Waals surface area contributed by atoms with Crippen LogP contribution < -0.4 is 0 Å². The first-order valence-corrected chi connectivity index (χ1v) is 3.58. The van der Waals surface area contributed by atoms with Crippen LogP contribution in [0.4, 0.5) is 0 Å². The van der Waals surface area contributed by atoms with Crippen molar-refractivity contribution in [3.8, 4) is 11.8 Å². The van der Waals surface area contributed by atoms with Gasteiger partial charge in [-0.15, -0.1) is 6.58 Å². The van der Waals surface area contributed by atoms with Crippen LogP contribution in [0.2, 0.25) is 0 Å². The normalized spacial score (nSPS) is 10.8. The Labute approximate surface area is 72.6 Å². The SMILES string of the molecule is C=CCC(O)C#CC(=O)C(=C)C. The average Bonchev–Trinajstić information content (AvgIpc) is 2.00. The molecule has 0 fully saturated rings. The fraction of sp³-hybridized carbons (Fsp3) is 0.300. The number of carbonyl (C=O) groups excluding carboxylic acids is 1. The van der Waals surface area contributed by atoms with Gasteiger partial charge in [0.2, 0.25) is 5.78 Å². The molecule has 1 atom stereocenters. The number of rotatable bonds is 3. The monoisotopic (exact) mass is 164 g/mol. The van der Waals surface area contributed by atoms with Crippen LogP contribution in [0.15, 0.2) is 24.8 Å². The molecule has 0 aliphatic heterocycles. The minimum absolute atomic E-state index is 0.335. The van der Waals surface area contributed by atoms with Crippen LogP contribution in [0.25, 0.3) is 0 Å². The zero-order chi connectivity index (χ0) is 9.56. The first-order chi connectivity index (χ1) is 5.57. The highest BCUT2D eigenvalue weighted by atomic mass is 16.3. The van der Waals surface area contributed by atoms with Crippen LogP contribution in [0.1, 0.15) is 13.3 Å². The van der Waals surface area contributed by atoms with Crippen LogP contribution >= 0.6 is 0 Å². The highest BCUT2D eigenvalue weighted by molar-refractivity contribution is 6.07. The standard InChI is InChI=1S/C10H12O2/c1-4-5-9(11)6-7-10(12)8(2)3/h4,9,11H,1-2,5H2,3H3. The van der Waals surface area contributed by atoms with Crippen molar-refractivity contribution in [2.45, 2.75) is 19.4 Å². The third kappa shape index (κ3) is 4.48. The molecule has 0 radical (unpaired) electrons. The van der Waals surface area contributed by atoms with Crippen molar-refractivity contribution in [3.05, 3.63) is 24.8 Å². The van der Waals surface area contributed by atoms with Crippen LogP contribution in [0.5, 0.6) is 0 Å². The first-order valence-electron chi connectivity index (χ1n) is 3.58. The number of hydrogen-bond donors (Lipinski definition) is 1. The molecule has 0 amide bonds. The Morgan fingerprint density at radius 1 is 1.75 bits per heavy atom. The molecule has 0 aromatic heterocycles. The van der Waals surface area contributed by atoms with Gasteiger partial charge in [-0.3, -0.25) is 4.79 Å². The number of aliphatic hydroxyl groups excluding tert-OH is 1. The molecule has 0 saturated heterocycles. The van der Waals surface area contributed by atoms with E-state index in [0.717, 1.165) is 0 Å². The fourth-order valence-corrected chi connectivity index (χ4v) is 0.472. The fourth-order valence-electron chi connectivity index (χ4n) is 0.472. The second kappa shape index (κ2) is 5.34. The molecule has 0 bridgehead atoms. The van der Waals surface area contributed by atoms with Crippen molar-refractivity contribution in [3.63, 3.8) is 0 Å². The van der Waals surface area contributed by atoms with Crippen LogP contribution in [-0.2, 0) is 4.79 Å². The summed E-state index contributed by atoms with van der Waals surface area (Å²) in [5.74, 6) is 4.33. The Balaban J connectivity index is 4.11. The van der Waals surface area contributed by atoms with E-state index in [9.17, 15) is 4.79 Å². The van der Waals surface area contributed by atoms with Gasteiger partial charge in [-0.05, 0) is 18.4 Å². The van der Waals surface area contributed by atoms with Crippen molar-refractivity contribution < 1.29 is 9.90 Å². The maximum atomic E-state index is 10.8. The minimum Gasteiger partial charge on any atom is -0.380 e. The van der Waals surface area contributed by atoms with E-state index < -0.39 is 6.10 Å². The van der Waals surface area contributed by atoms with Crippen molar-refractivity contribution in [2.75, 3.05) is 0 Å². The van der Waals surface area contributed by atoms with Gasteiger partial charge in [0.25, 0.3) is 0 Å². The molecule has 0 aromatic carbocycles. The van der Waals surface area contributed by atoms with Gasteiger partial charge in [0.1, 0.15) is 6.10 Å². The molecule has 1 N–H and O–H groups in total.